The normalized spacial score (nSPS) is 12.8. The Labute approximate surface area is 105 Å². The fourth-order valence-electron chi connectivity index (χ4n) is 1.94. The summed E-state index contributed by atoms with van der Waals surface area (Å²) < 4.78 is 5.45. The lowest BCUT2D eigenvalue weighted by atomic mass is 10.1. The van der Waals surface area contributed by atoms with Gasteiger partial charge in [-0.15, -0.1) is 0 Å². The highest BCUT2D eigenvalue weighted by molar-refractivity contribution is 5.74. The van der Waals surface area contributed by atoms with Crippen molar-refractivity contribution in [2.45, 2.75) is 25.8 Å². The SMILES string of the molecule is CNC(CCc1ccc2nc(C)oc2c1)C(=O)O. The molecule has 0 saturated carbocycles. The van der Waals surface area contributed by atoms with Crippen LogP contribution in [0.15, 0.2) is 22.6 Å². The van der Waals surface area contributed by atoms with Crippen LogP contribution in [0.2, 0.25) is 0 Å². The molecule has 2 rings (SSSR count). The van der Waals surface area contributed by atoms with Crippen molar-refractivity contribution in [3.8, 4) is 0 Å². The van der Waals surface area contributed by atoms with E-state index in [2.05, 4.69) is 10.3 Å². The highest BCUT2D eigenvalue weighted by Gasteiger charge is 2.14. The van der Waals surface area contributed by atoms with Crippen molar-refractivity contribution in [2.75, 3.05) is 7.05 Å². The second-order valence-electron chi connectivity index (χ2n) is 4.25. The van der Waals surface area contributed by atoms with Crippen LogP contribution in [0, 0.1) is 6.92 Å². The molecule has 5 nitrogen and oxygen atoms in total. The van der Waals surface area contributed by atoms with Crippen molar-refractivity contribution in [3.05, 3.63) is 29.7 Å². The van der Waals surface area contributed by atoms with Crippen molar-refractivity contribution in [2.24, 2.45) is 0 Å². The van der Waals surface area contributed by atoms with Gasteiger partial charge in [-0.05, 0) is 37.6 Å². The number of aliphatic carboxylic acids is 1. The van der Waals surface area contributed by atoms with Crippen molar-refractivity contribution in [1.82, 2.24) is 10.3 Å². The summed E-state index contributed by atoms with van der Waals surface area (Å²) in [6, 6.07) is 5.26. The second-order valence-corrected chi connectivity index (χ2v) is 4.25. The number of rotatable bonds is 5. The van der Waals surface area contributed by atoms with Crippen LogP contribution >= 0.6 is 0 Å². The van der Waals surface area contributed by atoms with Gasteiger partial charge in [0.25, 0.3) is 0 Å². The van der Waals surface area contributed by atoms with E-state index in [1.54, 1.807) is 14.0 Å². The van der Waals surface area contributed by atoms with Crippen molar-refractivity contribution < 1.29 is 14.3 Å². The number of fused-ring (bicyclic) bond motifs is 1. The molecule has 1 aromatic carbocycles. The number of aryl methyl sites for hydroxylation is 2. The van der Waals surface area contributed by atoms with Gasteiger partial charge < -0.3 is 14.8 Å². The molecule has 0 radical (unpaired) electrons. The Morgan fingerprint density at radius 3 is 3.00 bits per heavy atom. The third-order valence-corrected chi connectivity index (χ3v) is 2.93. The topological polar surface area (TPSA) is 75.4 Å². The predicted molar refractivity (Wildman–Crippen MR) is 67.6 cm³/mol. The molecule has 0 aliphatic rings. The third-order valence-electron chi connectivity index (χ3n) is 2.93. The number of hydrogen-bond donors (Lipinski definition) is 2. The number of benzene rings is 1. The number of carboxylic acid groups (broad SMARTS) is 1. The molecule has 1 atom stereocenters. The first-order valence-electron chi connectivity index (χ1n) is 5.86. The van der Waals surface area contributed by atoms with E-state index in [4.69, 9.17) is 9.52 Å². The number of aromatic nitrogens is 1. The Morgan fingerprint density at radius 2 is 2.33 bits per heavy atom. The van der Waals surface area contributed by atoms with E-state index in [0.717, 1.165) is 16.7 Å². The van der Waals surface area contributed by atoms with Gasteiger partial charge in [-0.3, -0.25) is 4.79 Å². The highest BCUT2D eigenvalue weighted by Crippen LogP contribution is 2.18. The van der Waals surface area contributed by atoms with Crippen LogP contribution in [0.3, 0.4) is 0 Å². The van der Waals surface area contributed by atoms with Gasteiger partial charge in [0.1, 0.15) is 11.6 Å². The van der Waals surface area contributed by atoms with Gasteiger partial charge in [-0.1, -0.05) is 6.07 Å². The summed E-state index contributed by atoms with van der Waals surface area (Å²) in [6.07, 6.45) is 1.23. The zero-order valence-corrected chi connectivity index (χ0v) is 10.4. The molecular formula is C13H16N2O3. The summed E-state index contributed by atoms with van der Waals surface area (Å²) in [6.45, 7) is 1.81. The monoisotopic (exact) mass is 248 g/mol. The van der Waals surface area contributed by atoms with E-state index < -0.39 is 12.0 Å². The van der Waals surface area contributed by atoms with E-state index in [9.17, 15) is 4.79 Å². The number of hydrogen-bond acceptors (Lipinski definition) is 4. The second kappa shape index (κ2) is 5.18. The van der Waals surface area contributed by atoms with Gasteiger partial charge >= 0.3 is 5.97 Å². The van der Waals surface area contributed by atoms with Gasteiger partial charge in [0, 0.05) is 6.92 Å². The molecule has 5 heteroatoms. The molecule has 18 heavy (non-hydrogen) atoms. The Balaban J connectivity index is 2.09. The maximum atomic E-state index is 10.9. The zero-order valence-electron chi connectivity index (χ0n) is 10.4. The minimum absolute atomic E-state index is 0.517. The van der Waals surface area contributed by atoms with Gasteiger partial charge in [-0.2, -0.15) is 0 Å². The first kappa shape index (κ1) is 12.6. The predicted octanol–water partition coefficient (Wildman–Crippen LogP) is 1.74. The molecule has 2 N–H and O–H groups in total. The molecule has 2 aromatic rings. The zero-order chi connectivity index (χ0) is 13.1. The fraction of sp³-hybridized carbons (Fsp3) is 0.385. The fourth-order valence-corrected chi connectivity index (χ4v) is 1.94. The maximum Gasteiger partial charge on any atom is 0.320 e. The number of carbonyl (C=O) groups is 1. The summed E-state index contributed by atoms with van der Waals surface area (Å²) >= 11 is 0. The summed E-state index contributed by atoms with van der Waals surface area (Å²) in [4.78, 5) is 15.1. The average Bonchev–Trinajstić information content (AvgIpc) is 2.68. The Bertz CT molecular complexity index is 562. The molecule has 1 heterocycles. The number of nitrogens with zero attached hydrogens (tertiary/aromatic N) is 1. The molecule has 1 unspecified atom stereocenters. The quantitative estimate of drug-likeness (QED) is 0.843. The van der Waals surface area contributed by atoms with Crippen molar-refractivity contribution in [1.29, 1.82) is 0 Å². The largest absolute Gasteiger partial charge is 0.480 e. The van der Waals surface area contributed by atoms with Crippen LogP contribution in [0.25, 0.3) is 11.1 Å². The molecule has 0 spiro atoms. The van der Waals surface area contributed by atoms with Crippen LogP contribution in [0.1, 0.15) is 17.9 Å². The lowest BCUT2D eigenvalue weighted by Crippen LogP contribution is -2.34. The first-order chi connectivity index (χ1) is 8.60. The molecule has 96 valence electrons. The molecular weight excluding hydrogens is 232 g/mol. The molecule has 0 amide bonds. The van der Waals surface area contributed by atoms with E-state index >= 15 is 0 Å². The van der Waals surface area contributed by atoms with E-state index in [0.29, 0.717) is 18.7 Å². The molecule has 0 bridgehead atoms. The van der Waals surface area contributed by atoms with Crippen LogP contribution in [-0.4, -0.2) is 29.1 Å². The van der Waals surface area contributed by atoms with Crippen LogP contribution < -0.4 is 5.32 Å². The lowest BCUT2D eigenvalue weighted by Gasteiger charge is -2.10. The number of likely N-dealkylation sites (N-methyl/N-ethyl adjacent to an activating group) is 1. The molecule has 0 fully saturated rings. The van der Waals surface area contributed by atoms with Crippen LogP contribution in [-0.2, 0) is 11.2 Å². The third kappa shape index (κ3) is 2.68. The molecule has 0 saturated heterocycles. The van der Waals surface area contributed by atoms with Crippen LogP contribution in [0.5, 0.6) is 0 Å². The summed E-state index contributed by atoms with van der Waals surface area (Å²) in [5, 5.41) is 11.7. The smallest absolute Gasteiger partial charge is 0.320 e. The highest BCUT2D eigenvalue weighted by atomic mass is 16.4. The number of carboxylic acids is 1. The lowest BCUT2D eigenvalue weighted by molar-refractivity contribution is -0.139. The molecule has 0 aliphatic carbocycles. The van der Waals surface area contributed by atoms with Gasteiger partial charge in [0.2, 0.25) is 0 Å². The summed E-state index contributed by atoms with van der Waals surface area (Å²) in [5.41, 5.74) is 2.64. The Hall–Kier alpha value is -1.88. The standard InChI is InChI=1S/C13H16N2O3/c1-8-15-10-5-3-9(7-12(10)18-8)4-6-11(14-2)13(16)17/h3,5,7,11,14H,4,6H2,1-2H3,(H,16,17). The first-order valence-corrected chi connectivity index (χ1v) is 5.86. The number of nitrogens with one attached hydrogen (secondary N) is 1. The molecule has 1 aromatic heterocycles. The minimum atomic E-state index is -0.825. The van der Waals surface area contributed by atoms with Gasteiger partial charge in [0.05, 0.1) is 0 Å². The Morgan fingerprint density at radius 1 is 1.56 bits per heavy atom. The van der Waals surface area contributed by atoms with Gasteiger partial charge in [0.15, 0.2) is 11.5 Å². The summed E-state index contributed by atoms with van der Waals surface area (Å²) in [7, 11) is 1.65. The Kier molecular flexibility index (Phi) is 3.62. The maximum absolute atomic E-state index is 10.9. The summed E-state index contributed by atoms with van der Waals surface area (Å²) in [5.74, 6) is -0.185. The van der Waals surface area contributed by atoms with E-state index in [-0.39, 0.29) is 0 Å². The molecule has 0 aliphatic heterocycles. The van der Waals surface area contributed by atoms with Crippen LogP contribution in [0.4, 0.5) is 0 Å². The van der Waals surface area contributed by atoms with Crippen molar-refractivity contribution in [3.63, 3.8) is 0 Å². The van der Waals surface area contributed by atoms with Crippen molar-refractivity contribution >= 4 is 17.1 Å². The average molecular weight is 248 g/mol. The minimum Gasteiger partial charge on any atom is -0.480 e. The van der Waals surface area contributed by atoms with E-state index in [1.807, 2.05) is 18.2 Å². The van der Waals surface area contributed by atoms with E-state index in [1.165, 1.54) is 0 Å². The number of oxazole rings is 1. The van der Waals surface area contributed by atoms with Gasteiger partial charge in [-0.25, -0.2) is 4.98 Å².